The van der Waals surface area contributed by atoms with E-state index in [1.165, 1.54) is 18.9 Å². The highest BCUT2D eigenvalue weighted by Crippen LogP contribution is 2.29. The zero-order chi connectivity index (χ0) is 18.8. The fraction of sp³-hybridized carbons (Fsp3) is 0.294. The Morgan fingerprint density at radius 1 is 1.31 bits per heavy atom. The molecule has 26 heavy (non-hydrogen) atoms. The SMILES string of the molecule is COC(=O)c1c(SC)nn(C(=O)C2CC(=O)N(c3ccccc3)C2)c1N. The second kappa shape index (κ2) is 7.20. The Hall–Kier alpha value is -2.81. The van der Waals surface area contributed by atoms with Gasteiger partial charge in [-0.3, -0.25) is 9.59 Å². The van der Waals surface area contributed by atoms with Gasteiger partial charge >= 0.3 is 5.97 Å². The number of rotatable bonds is 4. The van der Waals surface area contributed by atoms with Crippen LogP contribution in [-0.2, 0) is 9.53 Å². The number of esters is 1. The summed E-state index contributed by atoms with van der Waals surface area (Å²) in [6, 6.07) is 9.14. The molecule has 0 bridgehead atoms. The summed E-state index contributed by atoms with van der Waals surface area (Å²) in [5.74, 6) is -1.88. The van der Waals surface area contributed by atoms with Crippen LogP contribution >= 0.6 is 11.8 Å². The third-order valence-electron chi connectivity index (χ3n) is 4.22. The summed E-state index contributed by atoms with van der Waals surface area (Å²) in [4.78, 5) is 38.7. The van der Waals surface area contributed by atoms with Crippen molar-refractivity contribution in [1.82, 2.24) is 9.78 Å². The van der Waals surface area contributed by atoms with Gasteiger partial charge in [-0.05, 0) is 18.4 Å². The maximum Gasteiger partial charge on any atom is 0.344 e. The Bertz CT molecular complexity index is 865. The smallest absolute Gasteiger partial charge is 0.344 e. The van der Waals surface area contributed by atoms with E-state index < -0.39 is 17.8 Å². The summed E-state index contributed by atoms with van der Waals surface area (Å²) in [6.07, 6.45) is 1.79. The van der Waals surface area contributed by atoms with Gasteiger partial charge in [0.2, 0.25) is 5.91 Å². The van der Waals surface area contributed by atoms with Crippen molar-refractivity contribution in [2.45, 2.75) is 11.4 Å². The molecule has 1 aliphatic rings. The average Bonchev–Trinajstić information content (AvgIpc) is 3.21. The normalized spacial score (nSPS) is 16.8. The lowest BCUT2D eigenvalue weighted by Gasteiger charge is -2.16. The Kier molecular flexibility index (Phi) is 4.99. The van der Waals surface area contributed by atoms with Crippen molar-refractivity contribution in [3.05, 3.63) is 35.9 Å². The van der Waals surface area contributed by atoms with E-state index in [-0.39, 0.29) is 30.3 Å². The summed E-state index contributed by atoms with van der Waals surface area (Å²) in [7, 11) is 1.23. The second-order valence-corrected chi connectivity index (χ2v) is 6.55. The van der Waals surface area contributed by atoms with Crippen LogP contribution in [0.5, 0.6) is 0 Å². The van der Waals surface area contributed by atoms with Crippen LogP contribution in [0.1, 0.15) is 21.6 Å². The predicted molar refractivity (Wildman–Crippen MR) is 97.3 cm³/mol. The Morgan fingerprint density at radius 2 is 2.00 bits per heavy atom. The summed E-state index contributed by atoms with van der Waals surface area (Å²) in [5, 5.41) is 4.45. The molecule has 3 rings (SSSR count). The van der Waals surface area contributed by atoms with Crippen molar-refractivity contribution in [1.29, 1.82) is 0 Å². The van der Waals surface area contributed by atoms with Crippen LogP contribution in [0.4, 0.5) is 11.5 Å². The molecular formula is C17H18N4O4S. The topological polar surface area (TPSA) is 108 Å². The van der Waals surface area contributed by atoms with Gasteiger partial charge in [0, 0.05) is 18.7 Å². The number of aromatic nitrogens is 2. The van der Waals surface area contributed by atoms with E-state index in [0.717, 1.165) is 10.4 Å². The molecule has 1 aliphatic heterocycles. The van der Waals surface area contributed by atoms with Crippen LogP contribution in [0, 0.1) is 5.92 Å². The molecule has 9 heteroatoms. The number of carbonyl (C=O) groups is 3. The summed E-state index contributed by atoms with van der Waals surface area (Å²) in [6.45, 7) is 0.239. The standard InChI is InChI=1S/C17H18N4O4S/c1-25-17(24)13-14(18)21(19-15(13)26-2)16(23)10-8-12(22)20(9-10)11-6-4-3-5-7-11/h3-7,10H,8-9,18H2,1-2H3. The number of ether oxygens (including phenoxy) is 1. The number of thioether (sulfide) groups is 1. The van der Waals surface area contributed by atoms with Gasteiger partial charge in [0.15, 0.2) is 0 Å². The number of methoxy groups -OCH3 is 1. The fourth-order valence-electron chi connectivity index (χ4n) is 2.92. The summed E-state index contributed by atoms with van der Waals surface area (Å²) in [5.41, 5.74) is 6.78. The molecule has 0 spiro atoms. The van der Waals surface area contributed by atoms with E-state index in [2.05, 4.69) is 5.10 Å². The van der Waals surface area contributed by atoms with Gasteiger partial charge in [-0.15, -0.1) is 11.8 Å². The minimum absolute atomic E-state index is 0.0647. The number of anilines is 2. The molecule has 136 valence electrons. The first-order chi connectivity index (χ1) is 12.5. The first-order valence-corrected chi connectivity index (χ1v) is 9.10. The number of amides is 1. The number of hydrogen-bond donors (Lipinski definition) is 1. The first kappa shape index (κ1) is 18.0. The molecular weight excluding hydrogens is 356 g/mol. The van der Waals surface area contributed by atoms with E-state index >= 15 is 0 Å². The quantitative estimate of drug-likeness (QED) is 0.640. The summed E-state index contributed by atoms with van der Waals surface area (Å²) < 4.78 is 5.72. The highest BCUT2D eigenvalue weighted by Gasteiger charge is 2.38. The van der Waals surface area contributed by atoms with Crippen LogP contribution in [0.25, 0.3) is 0 Å². The molecule has 0 aliphatic carbocycles. The molecule has 1 fully saturated rings. The third-order valence-corrected chi connectivity index (χ3v) is 4.90. The van der Waals surface area contributed by atoms with Crippen LogP contribution in [0.15, 0.2) is 35.4 Å². The van der Waals surface area contributed by atoms with E-state index in [1.807, 2.05) is 30.3 Å². The molecule has 1 amide bonds. The van der Waals surface area contributed by atoms with E-state index in [4.69, 9.17) is 10.5 Å². The molecule has 1 unspecified atom stereocenters. The Balaban J connectivity index is 1.88. The Labute approximate surface area is 154 Å². The van der Waals surface area contributed by atoms with Crippen molar-refractivity contribution in [3.63, 3.8) is 0 Å². The number of nitrogen functional groups attached to an aromatic ring is 1. The van der Waals surface area contributed by atoms with Crippen molar-refractivity contribution in [3.8, 4) is 0 Å². The number of hydrogen-bond acceptors (Lipinski definition) is 7. The highest BCUT2D eigenvalue weighted by molar-refractivity contribution is 7.98. The van der Waals surface area contributed by atoms with Gasteiger partial charge in [0.1, 0.15) is 16.4 Å². The lowest BCUT2D eigenvalue weighted by molar-refractivity contribution is -0.117. The monoisotopic (exact) mass is 374 g/mol. The molecule has 2 heterocycles. The third kappa shape index (κ3) is 3.05. The van der Waals surface area contributed by atoms with Crippen LogP contribution in [0.3, 0.4) is 0 Å². The first-order valence-electron chi connectivity index (χ1n) is 7.88. The van der Waals surface area contributed by atoms with Crippen molar-refractivity contribution < 1.29 is 19.1 Å². The molecule has 8 nitrogen and oxygen atoms in total. The molecule has 1 atom stereocenters. The molecule has 2 aromatic rings. The summed E-state index contributed by atoms with van der Waals surface area (Å²) >= 11 is 1.19. The molecule has 1 aromatic carbocycles. The lowest BCUT2D eigenvalue weighted by atomic mass is 10.1. The molecule has 1 saturated heterocycles. The fourth-order valence-corrected chi connectivity index (χ4v) is 3.47. The average molecular weight is 374 g/mol. The van der Waals surface area contributed by atoms with Crippen molar-refractivity contribution in [2.75, 3.05) is 30.5 Å². The van der Waals surface area contributed by atoms with Gasteiger partial charge in [0.25, 0.3) is 5.91 Å². The maximum absolute atomic E-state index is 12.9. The van der Waals surface area contributed by atoms with Gasteiger partial charge in [0.05, 0.1) is 13.0 Å². The second-order valence-electron chi connectivity index (χ2n) is 5.75. The minimum Gasteiger partial charge on any atom is -0.465 e. The molecule has 1 aromatic heterocycles. The molecule has 0 saturated carbocycles. The van der Waals surface area contributed by atoms with Crippen LogP contribution in [-0.4, -0.2) is 47.5 Å². The van der Waals surface area contributed by atoms with Gasteiger partial charge < -0.3 is 15.4 Å². The molecule has 0 radical (unpaired) electrons. The van der Waals surface area contributed by atoms with Crippen LogP contribution in [0.2, 0.25) is 0 Å². The van der Waals surface area contributed by atoms with E-state index in [1.54, 1.807) is 11.2 Å². The van der Waals surface area contributed by atoms with Crippen molar-refractivity contribution in [2.24, 2.45) is 5.92 Å². The van der Waals surface area contributed by atoms with Gasteiger partial charge in [-0.25, -0.2) is 4.79 Å². The van der Waals surface area contributed by atoms with Crippen molar-refractivity contribution >= 4 is 41.1 Å². The Morgan fingerprint density at radius 3 is 2.62 bits per heavy atom. The zero-order valence-electron chi connectivity index (χ0n) is 14.3. The largest absolute Gasteiger partial charge is 0.465 e. The number of nitrogens with zero attached hydrogens (tertiary/aromatic N) is 3. The number of carbonyl (C=O) groups excluding carboxylic acids is 3. The van der Waals surface area contributed by atoms with Gasteiger partial charge in [-0.2, -0.15) is 9.78 Å². The zero-order valence-corrected chi connectivity index (χ0v) is 15.2. The number of benzene rings is 1. The molecule has 2 N–H and O–H groups in total. The highest BCUT2D eigenvalue weighted by atomic mass is 32.2. The number of para-hydroxylation sites is 1. The predicted octanol–water partition coefficient (Wildman–Crippen LogP) is 1.67. The van der Waals surface area contributed by atoms with Crippen LogP contribution < -0.4 is 10.6 Å². The van der Waals surface area contributed by atoms with E-state index in [0.29, 0.717) is 5.03 Å². The van der Waals surface area contributed by atoms with Gasteiger partial charge in [-0.1, -0.05) is 18.2 Å². The van der Waals surface area contributed by atoms with E-state index in [9.17, 15) is 14.4 Å². The lowest BCUT2D eigenvalue weighted by Crippen LogP contribution is -2.28. The maximum atomic E-state index is 12.9. The minimum atomic E-state index is -0.653. The number of nitrogens with two attached hydrogens (primary N) is 1.